The Labute approximate surface area is 106 Å². The number of aromatic nitrogens is 1. The largest absolute Gasteiger partial charge is 0.393 e. The van der Waals surface area contributed by atoms with Crippen LogP contribution in [0.3, 0.4) is 0 Å². The molecule has 1 N–H and O–H groups in total. The molecule has 18 heavy (non-hydrogen) atoms. The summed E-state index contributed by atoms with van der Waals surface area (Å²) in [7, 11) is 0. The molecule has 1 atom stereocenters. The fourth-order valence-electron chi connectivity index (χ4n) is 2.56. The lowest BCUT2D eigenvalue weighted by molar-refractivity contribution is 0.179. The van der Waals surface area contributed by atoms with Gasteiger partial charge in [0.15, 0.2) is 0 Å². The van der Waals surface area contributed by atoms with Crippen molar-refractivity contribution >= 4 is 21.8 Å². The van der Waals surface area contributed by atoms with Crippen LogP contribution in [0.5, 0.6) is 0 Å². The zero-order valence-corrected chi connectivity index (χ0v) is 10.5. The van der Waals surface area contributed by atoms with E-state index in [1.54, 1.807) is 0 Å². The number of nitrogens with zero attached hydrogens (tertiary/aromatic N) is 1. The quantitative estimate of drug-likeness (QED) is 0.742. The van der Waals surface area contributed by atoms with E-state index in [0.717, 1.165) is 13.0 Å². The first-order valence-electron chi connectivity index (χ1n) is 6.41. The highest BCUT2D eigenvalue weighted by molar-refractivity contribution is 6.07. The highest BCUT2D eigenvalue weighted by Gasteiger charge is 2.09. The van der Waals surface area contributed by atoms with E-state index in [4.69, 9.17) is 0 Å². The van der Waals surface area contributed by atoms with Crippen molar-refractivity contribution in [2.45, 2.75) is 26.0 Å². The summed E-state index contributed by atoms with van der Waals surface area (Å²) in [6, 6.07) is 16.9. The number of rotatable bonds is 3. The Kier molecular flexibility index (Phi) is 2.80. The molecule has 0 radical (unpaired) electrons. The maximum atomic E-state index is 9.48. The van der Waals surface area contributed by atoms with Crippen molar-refractivity contribution in [2.24, 2.45) is 0 Å². The van der Waals surface area contributed by atoms with Gasteiger partial charge in [0.25, 0.3) is 0 Å². The summed E-state index contributed by atoms with van der Waals surface area (Å²) in [6.07, 6.45) is 0.521. The SMILES string of the molecule is CC(O)CCn1c2ccccc2c2ccccc21. The second-order valence-corrected chi connectivity index (χ2v) is 4.82. The van der Waals surface area contributed by atoms with Crippen LogP contribution in [-0.4, -0.2) is 15.8 Å². The molecule has 92 valence electrons. The molecule has 0 aliphatic rings. The standard InChI is InChI=1S/C16H17NO/c1-12(18)10-11-17-15-8-4-2-6-13(15)14-7-3-5-9-16(14)17/h2-9,12,18H,10-11H2,1H3. The summed E-state index contributed by atoms with van der Waals surface area (Å²) in [6.45, 7) is 2.69. The van der Waals surface area contributed by atoms with Gasteiger partial charge in [0, 0.05) is 28.4 Å². The second kappa shape index (κ2) is 4.46. The lowest BCUT2D eigenvalue weighted by Crippen LogP contribution is -2.06. The van der Waals surface area contributed by atoms with E-state index in [1.807, 2.05) is 6.92 Å². The van der Waals surface area contributed by atoms with Gasteiger partial charge in [-0.3, -0.25) is 0 Å². The van der Waals surface area contributed by atoms with E-state index in [1.165, 1.54) is 21.8 Å². The normalized spacial score (nSPS) is 13.2. The molecule has 0 spiro atoms. The van der Waals surface area contributed by atoms with Gasteiger partial charge in [-0.15, -0.1) is 0 Å². The molecular formula is C16H17NO. The van der Waals surface area contributed by atoms with Crippen LogP contribution in [0.25, 0.3) is 21.8 Å². The minimum atomic E-state index is -0.259. The van der Waals surface area contributed by atoms with Crippen LogP contribution in [0.4, 0.5) is 0 Å². The predicted octanol–water partition coefficient (Wildman–Crippen LogP) is 3.57. The van der Waals surface area contributed by atoms with Crippen LogP contribution in [-0.2, 0) is 6.54 Å². The van der Waals surface area contributed by atoms with Crippen molar-refractivity contribution in [2.75, 3.05) is 0 Å². The molecule has 0 saturated carbocycles. The predicted molar refractivity (Wildman–Crippen MR) is 75.7 cm³/mol. The van der Waals surface area contributed by atoms with E-state index >= 15 is 0 Å². The number of para-hydroxylation sites is 2. The monoisotopic (exact) mass is 239 g/mol. The van der Waals surface area contributed by atoms with Crippen molar-refractivity contribution in [3.63, 3.8) is 0 Å². The fourth-order valence-corrected chi connectivity index (χ4v) is 2.56. The van der Waals surface area contributed by atoms with Gasteiger partial charge in [-0.05, 0) is 25.5 Å². The maximum Gasteiger partial charge on any atom is 0.0529 e. The van der Waals surface area contributed by atoms with E-state index in [0.29, 0.717) is 0 Å². The number of hydrogen-bond donors (Lipinski definition) is 1. The fraction of sp³-hybridized carbons (Fsp3) is 0.250. The molecule has 3 aromatic rings. The minimum Gasteiger partial charge on any atom is -0.393 e. The molecule has 3 rings (SSSR count). The second-order valence-electron chi connectivity index (χ2n) is 4.82. The van der Waals surface area contributed by atoms with Crippen molar-refractivity contribution in [3.8, 4) is 0 Å². The number of hydrogen-bond acceptors (Lipinski definition) is 1. The van der Waals surface area contributed by atoms with Crippen LogP contribution >= 0.6 is 0 Å². The Bertz CT molecular complexity index is 628. The van der Waals surface area contributed by atoms with Crippen molar-refractivity contribution in [1.82, 2.24) is 4.57 Å². The third-order valence-electron chi connectivity index (χ3n) is 3.45. The highest BCUT2D eigenvalue weighted by atomic mass is 16.3. The summed E-state index contributed by atoms with van der Waals surface area (Å²) in [5.74, 6) is 0. The van der Waals surface area contributed by atoms with Crippen molar-refractivity contribution < 1.29 is 5.11 Å². The molecule has 0 bridgehead atoms. The minimum absolute atomic E-state index is 0.259. The van der Waals surface area contributed by atoms with Gasteiger partial charge in [-0.1, -0.05) is 36.4 Å². The van der Waals surface area contributed by atoms with Gasteiger partial charge in [-0.2, -0.15) is 0 Å². The van der Waals surface area contributed by atoms with Crippen molar-refractivity contribution in [3.05, 3.63) is 48.5 Å². The molecule has 0 fully saturated rings. The number of aryl methyl sites for hydroxylation is 1. The Hall–Kier alpha value is -1.80. The Balaban J connectivity index is 2.24. The third-order valence-corrected chi connectivity index (χ3v) is 3.45. The van der Waals surface area contributed by atoms with Gasteiger partial charge in [-0.25, -0.2) is 0 Å². The Morgan fingerprint density at radius 1 is 0.944 bits per heavy atom. The van der Waals surface area contributed by atoms with Gasteiger partial charge in [0.1, 0.15) is 0 Å². The molecule has 2 nitrogen and oxygen atoms in total. The van der Waals surface area contributed by atoms with E-state index < -0.39 is 0 Å². The van der Waals surface area contributed by atoms with Crippen LogP contribution in [0.1, 0.15) is 13.3 Å². The summed E-state index contributed by atoms with van der Waals surface area (Å²) in [4.78, 5) is 0. The Morgan fingerprint density at radius 2 is 1.44 bits per heavy atom. The van der Waals surface area contributed by atoms with E-state index in [-0.39, 0.29) is 6.10 Å². The number of aliphatic hydroxyl groups is 1. The summed E-state index contributed by atoms with van der Waals surface area (Å²) in [5.41, 5.74) is 2.50. The molecule has 0 aliphatic carbocycles. The Morgan fingerprint density at radius 3 is 1.94 bits per heavy atom. The third kappa shape index (κ3) is 1.79. The first-order valence-corrected chi connectivity index (χ1v) is 6.41. The molecule has 1 heterocycles. The lowest BCUT2D eigenvalue weighted by Gasteiger charge is -2.08. The smallest absolute Gasteiger partial charge is 0.0529 e. The first kappa shape index (κ1) is 11.3. The van der Waals surface area contributed by atoms with Crippen LogP contribution in [0.15, 0.2) is 48.5 Å². The number of aliphatic hydroxyl groups excluding tert-OH is 1. The van der Waals surface area contributed by atoms with Gasteiger partial charge in [0.2, 0.25) is 0 Å². The number of benzene rings is 2. The first-order chi connectivity index (χ1) is 8.77. The average molecular weight is 239 g/mol. The molecule has 2 heteroatoms. The van der Waals surface area contributed by atoms with Crippen molar-refractivity contribution in [1.29, 1.82) is 0 Å². The van der Waals surface area contributed by atoms with Crippen LogP contribution in [0, 0.1) is 0 Å². The highest BCUT2D eigenvalue weighted by Crippen LogP contribution is 2.28. The van der Waals surface area contributed by atoms with Gasteiger partial charge >= 0.3 is 0 Å². The lowest BCUT2D eigenvalue weighted by atomic mass is 10.2. The van der Waals surface area contributed by atoms with Gasteiger partial charge < -0.3 is 9.67 Å². The topological polar surface area (TPSA) is 25.2 Å². The summed E-state index contributed by atoms with van der Waals surface area (Å²) >= 11 is 0. The van der Waals surface area contributed by atoms with E-state index in [2.05, 4.69) is 53.1 Å². The molecule has 0 amide bonds. The molecule has 2 aromatic carbocycles. The molecular weight excluding hydrogens is 222 g/mol. The van der Waals surface area contributed by atoms with Crippen LogP contribution in [0.2, 0.25) is 0 Å². The average Bonchev–Trinajstić information content (AvgIpc) is 2.71. The molecule has 0 saturated heterocycles. The summed E-state index contributed by atoms with van der Waals surface area (Å²) in [5, 5.41) is 12.1. The molecule has 1 aromatic heterocycles. The summed E-state index contributed by atoms with van der Waals surface area (Å²) < 4.78 is 2.30. The zero-order valence-electron chi connectivity index (χ0n) is 10.5. The maximum absolute atomic E-state index is 9.48. The molecule has 1 unspecified atom stereocenters. The van der Waals surface area contributed by atoms with E-state index in [9.17, 15) is 5.11 Å². The zero-order chi connectivity index (χ0) is 12.5. The number of fused-ring (bicyclic) bond motifs is 3. The van der Waals surface area contributed by atoms with Crippen LogP contribution < -0.4 is 0 Å². The van der Waals surface area contributed by atoms with Gasteiger partial charge in [0.05, 0.1) is 6.10 Å². The molecule has 0 aliphatic heterocycles.